The molecule has 0 N–H and O–H groups in total. The van der Waals surface area contributed by atoms with Crippen LogP contribution >= 0.6 is 0 Å². The molecular formula is C29H58. The largest absolute Gasteiger partial charge is 0.0885 e. The Morgan fingerprint density at radius 1 is 0.517 bits per heavy atom. The zero-order chi connectivity index (χ0) is 21.4. The molecule has 0 aliphatic carbocycles. The number of hydrogen-bond acceptors (Lipinski definition) is 0. The Labute approximate surface area is 186 Å². The third-order valence-corrected chi connectivity index (χ3v) is 6.80. The highest BCUT2D eigenvalue weighted by Gasteiger charge is 2.06. The van der Waals surface area contributed by atoms with E-state index in [4.69, 9.17) is 0 Å². The van der Waals surface area contributed by atoms with Crippen molar-refractivity contribution in [3.8, 4) is 0 Å². The van der Waals surface area contributed by atoms with Crippen LogP contribution in [0.2, 0.25) is 0 Å². The summed E-state index contributed by atoms with van der Waals surface area (Å²) >= 11 is 0. The minimum absolute atomic E-state index is 0.925. The first-order chi connectivity index (χ1) is 14.2. The second-order valence-electron chi connectivity index (χ2n) is 9.84. The molecule has 2 atom stereocenters. The average molecular weight is 407 g/mol. The predicted molar refractivity (Wildman–Crippen MR) is 136 cm³/mol. The summed E-state index contributed by atoms with van der Waals surface area (Å²) in [6, 6.07) is 0. The van der Waals surface area contributed by atoms with E-state index in [2.05, 4.69) is 39.8 Å². The van der Waals surface area contributed by atoms with E-state index in [1.807, 2.05) is 0 Å². The molecule has 0 aromatic heterocycles. The highest BCUT2D eigenvalue weighted by molar-refractivity contribution is 4.83. The van der Waals surface area contributed by atoms with Crippen LogP contribution in [0.25, 0.3) is 0 Å². The fraction of sp³-hybridized carbons (Fsp3) is 0.931. The first-order valence-electron chi connectivity index (χ1n) is 13.9. The molecule has 0 aliphatic rings. The van der Waals surface area contributed by atoms with Gasteiger partial charge in [-0.2, -0.15) is 0 Å². The van der Waals surface area contributed by atoms with Crippen LogP contribution in [0.1, 0.15) is 163 Å². The quantitative estimate of drug-likeness (QED) is 0.117. The van der Waals surface area contributed by atoms with E-state index in [9.17, 15) is 0 Å². The lowest BCUT2D eigenvalue weighted by Gasteiger charge is -2.14. The van der Waals surface area contributed by atoms with Gasteiger partial charge in [0.25, 0.3) is 0 Å². The molecule has 0 aromatic carbocycles. The molecule has 0 heterocycles. The van der Waals surface area contributed by atoms with Crippen LogP contribution in [0.3, 0.4) is 0 Å². The number of unbranched alkanes of at least 4 members (excludes halogenated alkanes) is 13. The van der Waals surface area contributed by atoms with Crippen LogP contribution in [0.5, 0.6) is 0 Å². The van der Waals surface area contributed by atoms with Crippen molar-refractivity contribution in [2.24, 2.45) is 11.8 Å². The van der Waals surface area contributed by atoms with Crippen LogP contribution in [0.15, 0.2) is 12.2 Å². The molecule has 174 valence electrons. The van der Waals surface area contributed by atoms with Crippen molar-refractivity contribution in [1.29, 1.82) is 0 Å². The molecule has 0 saturated heterocycles. The third kappa shape index (κ3) is 22.3. The molecule has 0 aromatic rings. The van der Waals surface area contributed by atoms with Crippen LogP contribution < -0.4 is 0 Å². The van der Waals surface area contributed by atoms with Gasteiger partial charge in [0.1, 0.15) is 0 Å². The molecular weight excluding hydrogens is 348 g/mol. The molecule has 0 rings (SSSR count). The van der Waals surface area contributed by atoms with E-state index in [1.54, 1.807) is 0 Å². The van der Waals surface area contributed by atoms with Crippen molar-refractivity contribution >= 4 is 0 Å². The predicted octanol–water partition coefficient (Wildman–Crippen LogP) is 11.0. The molecule has 0 aliphatic heterocycles. The summed E-state index contributed by atoms with van der Waals surface area (Å²) in [5, 5.41) is 0. The second kappa shape index (κ2) is 24.0. The van der Waals surface area contributed by atoms with Gasteiger partial charge in [0.2, 0.25) is 0 Å². The summed E-state index contributed by atoms with van der Waals surface area (Å²) in [7, 11) is 0. The van der Waals surface area contributed by atoms with Crippen molar-refractivity contribution < 1.29 is 0 Å². The maximum absolute atomic E-state index is 2.49. The number of allylic oxidation sites excluding steroid dienone is 2. The van der Waals surface area contributed by atoms with Crippen molar-refractivity contribution in [1.82, 2.24) is 0 Å². The fourth-order valence-corrected chi connectivity index (χ4v) is 4.46. The maximum atomic E-state index is 2.49. The van der Waals surface area contributed by atoms with E-state index in [0.29, 0.717) is 0 Å². The zero-order valence-corrected chi connectivity index (χ0v) is 21.2. The Morgan fingerprint density at radius 3 is 1.59 bits per heavy atom. The average Bonchev–Trinajstić information content (AvgIpc) is 2.73. The SMILES string of the molecule is CCCCCCCCC/C=C/CC(CC)CCCCC(C)CCCCCCCC. The van der Waals surface area contributed by atoms with Gasteiger partial charge in [-0.3, -0.25) is 0 Å². The van der Waals surface area contributed by atoms with Gasteiger partial charge in [-0.25, -0.2) is 0 Å². The van der Waals surface area contributed by atoms with Gasteiger partial charge >= 0.3 is 0 Å². The summed E-state index contributed by atoms with van der Waals surface area (Å²) in [5.41, 5.74) is 0. The van der Waals surface area contributed by atoms with Crippen LogP contribution in [-0.2, 0) is 0 Å². The molecule has 29 heavy (non-hydrogen) atoms. The van der Waals surface area contributed by atoms with Gasteiger partial charge in [0, 0.05) is 0 Å². The lowest BCUT2D eigenvalue weighted by molar-refractivity contribution is 0.403. The molecule has 0 amide bonds. The first-order valence-corrected chi connectivity index (χ1v) is 13.9. The first kappa shape index (κ1) is 28.7. The van der Waals surface area contributed by atoms with Gasteiger partial charge in [-0.05, 0) is 31.1 Å². The lowest BCUT2D eigenvalue weighted by atomic mass is 9.92. The summed E-state index contributed by atoms with van der Waals surface area (Å²) < 4.78 is 0. The van der Waals surface area contributed by atoms with E-state index in [0.717, 1.165) is 11.8 Å². The Balaban J connectivity index is 3.51. The van der Waals surface area contributed by atoms with Crippen LogP contribution in [0.4, 0.5) is 0 Å². The Hall–Kier alpha value is -0.260. The molecule has 0 fully saturated rings. The van der Waals surface area contributed by atoms with E-state index in [-0.39, 0.29) is 0 Å². The summed E-state index contributed by atoms with van der Waals surface area (Å²) in [6.45, 7) is 9.47. The zero-order valence-electron chi connectivity index (χ0n) is 21.2. The van der Waals surface area contributed by atoms with Gasteiger partial charge in [-0.1, -0.05) is 155 Å². The summed E-state index contributed by atoms with van der Waals surface area (Å²) in [6.07, 6.45) is 34.8. The van der Waals surface area contributed by atoms with Gasteiger partial charge < -0.3 is 0 Å². The van der Waals surface area contributed by atoms with E-state index >= 15 is 0 Å². The molecule has 0 heteroatoms. The van der Waals surface area contributed by atoms with Crippen molar-refractivity contribution in [3.63, 3.8) is 0 Å². The van der Waals surface area contributed by atoms with Crippen LogP contribution in [0, 0.1) is 11.8 Å². The van der Waals surface area contributed by atoms with Crippen molar-refractivity contribution in [3.05, 3.63) is 12.2 Å². The molecule has 2 unspecified atom stereocenters. The smallest absolute Gasteiger partial charge is 0.0322 e. The Kier molecular flexibility index (Phi) is 23.8. The minimum Gasteiger partial charge on any atom is -0.0885 e. The second-order valence-corrected chi connectivity index (χ2v) is 9.84. The van der Waals surface area contributed by atoms with Gasteiger partial charge in [0.15, 0.2) is 0 Å². The molecule has 0 saturated carbocycles. The van der Waals surface area contributed by atoms with Gasteiger partial charge in [-0.15, -0.1) is 0 Å². The minimum atomic E-state index is 0.925. The normalized spacial score (nSPS) is 13.9. The standard InChI is InChI=1S/C29H58/c1-5-8-10-12-14-15-16-17-19-21-26-29(7-3)27-23-22-25-28(4)24-20-18-13-11-9-6-2/h19,21,28-29H,5-18,20,22-27H2,1-4H3/b21-19+. The number of rotatable bonds is 23. The maximum Gasteiger partial charge on any atom is -0.0322 e. The highest BCUT2D eigenvalue weighted by Crippen LogP contribution is 2.22. The van der Waals surface area contributed by atoms with Gasteiger partial charge in [0.05, 0.1) is 0 Å². The summed E-state index contributed by atoms with van der Waals surface area (Å²) in [5.74, 6) is 1.87. The lowest BCUT2D eigenvalue weighted by Crippen LogP contribution is -1.99. The molecule has 0 spiro atoms. The highest BCUT2D eigenvalue weighted by atomic mass is 14.1. The van der Waals surface area contributed by atoms with Crippen LogP contribution in [-0.4, -0.2) is 0 Å². The monoisotopic (exact) mass is 406 g/mol. The topological polar surface area (TPSA) is 0 Å². The van der Waals surface area contributed by atoms with E-state index in [1.165, 1.54) is 135 Å². The summed E-state index contributed by atoms with van der Waals surface area (Å²) in [4.78, 5) is 0. The number of hydrogen-bond donors (Lipinski definition) is 0. The van der Waals surface area contributed by atoms with Crippen molar-refractivity contribution in [2.45, 2.75) is 163 Å². The molecule has 0 nitrogen and oxygen atoms in total. The fourth-order valence-electron chi connectivity index (χ4n) is 4.46. The van der Waals surface area contributed by atoms with E-state index < -0.39 is 0 Å². The molecule has 0 bridgehead atoms. The third-order valence-electron chi connectivity index (χ3n) is 6.80. The molecule has 0 radical (unpaired) electrons. The Morgan fingerprint density at radius 2 is 1.00 bits per heavy atom. The van der Waals surface area contributed by atoms with Crippen molar-refractivity contribution in [2.75, 3.05) is 0 Å². The Bertz CT molecular complexity index is 316.